The fraction of sp³-hybridized carbons (Fsp3) is 1.00. The molecule has 0 amide bonds. The van der Waals surface area contributed by atoms with Gasteiger partial charge in [-0.25, -0.2) is 4.72 Å². The third kappa shape index (κ3) is 3.66. The second-order valence-corrected chi connectivity index (χ2v) is 7.55. The summed E-state index contributed by atoms with van der Waals surface area (Å²) in [7, 11) is -3.32. The summed E-state index contributed by atoms with van der Waals surface area (Å²) in [6, 6.07) is 0. The van der Waals surface area contributed by atoms with Crippen molar-refractivity contribution in [2.75, 3.05) is 19.6 Å². The van der Waals surface area contributed by atoms with Crippen LogP contribution in [0.4, 0.5) is 0 Å². The first-order valence-electron chi connectivity index (χ1n) is 6.90. The Morgan fingerprint density at radius 2 is 2.11 bits per heavy atom. The minimum absolute atomic E-state index is 0.241. The number of nitrogens with one attached hydrogen (secondary N) is 1. The van der Waals surface area contributed by atoms with E-state index in [1.165, 1.54) is 0 Å². The molecule has 0 spiro atoms. The fourth-order valence-corrected chi connectivity index (χ4v) is 4.36. The normalized spacial score (nSPS) is 34.9. The number of rotatable bonds is 4. The molecule has 1 saturated carbocycles. The van der Waals surface area contributed by atoms with Crippen LogP contribution in [0.3, 0.4) is 0 Å². The molecule has 3 atom stereocenters. The first-order valence-corrected chi connectivity index (χ1v) is 8.34. The van der Waals surface area contributed by atoms with E-state index in [4.69, 9.17) is 0 Å². The molecule has 1 heterocycles. The number of aliphatic hydroxyl groups excluding tert-OH is 1. The van der Waals surface area contributed by atoms with Crippen LogP contribution in [0.1, 0.15) is 39.0 Å². The largest absolute Gasteiger partial charge is 0.393 e. The van der Waals surface area contributed by atoms with Gasteiger partial charge in [0, 0.05) is 19.6 Å². The van der Waals surface area contributed by atoms with Gasteiger partial charge in [0.05, 0.1) is 6.10 Å². The molecular weight excluding hydrogens is 252 g/mol. The Morgan fingerprint density at radius 1 is 1.33 bits per heavy atom. The number of nitrogens with zero attached hydrogens (tertiary/aromatic N) is 1. The van der Waals surface area contributed by atoms with Gasteiger partial charge in [-0.1, -0.05) is 6.92 Å². The lowest BCUT2D eigenvalue weighted by Gasteiger charge is -2.30. The maximum atomic E-state index is 12.1. The zero-order valence-electron chi connectivity index (χ0n) is 11.0. The van der Waals surface area contributed by atoms with Crippen molar-refractivity contribution in [1.29, 1.82) is 0 Å². The quantitative estimate of drug-likeness (QED) is 0.794. The molecule has 0 bridgehead atoms. The van der Waals surface area contributed by atoms with E-state index in [1.807, 2.05) is 0 Å². The van der Waals surface area contributed by atoms with E-state index in [2.05, 4.69) is 11.6 Å². The predicted octanol–water partition coefficient (Wildman–Crippen LogP) is 0.714. The van der Waals surface area contributed by atoms with Crippen molar-refractivity contribution in [3.63, 3.8) is 0 Å². The molecule has 0 aromatic heterocycles. The highest BCUT2D eigenvalue weighted by molar-refractivity contribution is 7.87. The van der Waals surface area contributed by atoms with Gasteiger partial charge in [-0.05, 0) is 43.9 Å². The topological polar surface area (TPSA) is 69.6 Å². The van der Waals surface area contributed by atoms with Gasteiger partial charge in [-0.2, -0.15) is 12.7 Å². The van der Waals surface area contributed by atoms with Crippen LogP contribution in [0.25, 0.3) is 0 Å². The van der Waals surface area contributed by atoms with E-state index in [0.717, 1.165) is 32.1 Å². The maximum Gasteiger partial charge on any atom is 0.279 e. The van der Waals surface area contributed by atoms with Crippen molar-refractivity contribution < 1.29 is 13.5 Å². The smallest absolute Gasteiger partial charge is 0.279 e. The molecule has 106 valence electrons. The van der Waals surface area contributed by atoms with Crippen molar-refractivity contribution in [2.24, 2.45) is 11.8 Å². The van der Waals surface area contributed by atoms with Crippen molar-refractivity contribution in [2.45, 2.75) is 45.1 Å². The van der Waals surface area contributed by atoms with Crippen LogP contribution in [0.2, 0.25) is 0 Å². The second-order valence-electron chi connectivity index (χ2n) is 5.79. The van der Waals surface area contributed by atoms with Gasteiger partial charge in [0.15, 0.2) is 0 Å². The first-order chi connectivity index (χ1) is 8.47. The molecule has 3 unspecified atom stereocenters. The Balaban J connectivity index is 1.83. The summed E-state index contributed by atoms with van der Waals surface area (Å²) in [5, 5.41) is 9.42. The van der Waals surface area contributed by atoms with Crippen LogP contribution in [0, 0.1) is 11.8 Å². The van der Waals surface area contributed by atoms with E-state index in [0.29, 0.717) is 25.6 Å². The number of piperidine rings is 1. The van der Waals surface area contributed by atoms with Crippen molar-refractivity contribution in [3.8, 4) is 0 Å². The lowest BCUT2D eigenvalue weighted by molar-refractivity contribution is 0.177. The summed E-state index contributed by atoms with van der Waals surface area (Å²) in [6.45, 7) is 3.81. The summed E-state index contributed by atoms with van der Waals surface area (Å²) in [6.07, 6.45) is 4.26. The molecule has 0 radical (unpaired) electrons. The Morgan fingerprint density at radius 3 is 2.72 bits per heavy atom. The van der Waals surface area contributed by atoms with Crippen LogP contribution in [-0.2, 0) is 10.2 Å². The number of hydrogen-bond donors (Lipinski definition) is 2. The molecule has 1 saturated heterocycles. The van der Waals surface area contributed by atoms with Crippen LogP contribution < -0.4 is 4.72 Å². The minimum atomic E-state index is -3.32. The Bertz CT molecular complexity index is 372. The zero-order valence-corrected chi connectivity index (χ0v) is 11.8. The summed E-state index contributed by atoms with van der Waals surface area (Å²) in [4.78, 5) is 0. The molecule has 2 N–H and O–H groups in total. The maximum absolute atomic E-state index is 12.1. The number of hydrogen-bond acceptors (Lipinski definition) is 3. The monoisotopic (exact) mass is 276 g/mol. The molecule has 2 aliphatic rings. The lowest BCUT2D eigenvalue weighted by atomic mass is 10.0. The zero-order chi connectivity index (χ0) is 13.2. The predicted molar refractivity (Wildman–Crippen MR) is 70.2 cm³/mol. The van der Waals surface area contributed by atoms with Crippen LogP contribution in [0.15, 0.2) is 0 Å². The third-order valence-electron chi connectivity index (χ3n) is 4.03. The molecule has 1 aliphatic carbocycles. The van der Waals surface area contributed by atoms with Crippen LogP contribution in [0.5, 0.6) is 0 Å². The van der Waals surface area contributed by atoms with E-state index in [1.54, 1.807) is 4.31 Å². The Kier molecular flexibility index (Phi) is 4.64. The van der Waals surface area contributed by atoms with Crippen LogP contribution in [-0.4, -0.2) is 43.6 Å². The van der Waals surface area contributed by atoms with Gasteiger partial charge >= 0.3 is 0 Å². The lowest BCUT2D eigenvalue weighted by Crippen LogP contribution is -2.46. The van der Waals surface area contributed by atoms with Crippen LogP contribution >= 0.6 is 0 Å². The standard InChI is InChI=1S/C12H24N2O3S/c1-10-3-2-6-14(9-10)18(16,17)13-8-11-4-5-12(15)7-11/h10-13,15H,2-9H2,1H3. The summed E-state index contributed by atoms with van der Waals surface area (Å²) >= 11 is 0. The van der Waals surface area contributed by atoms with Gasteiger partial charge < -0.3 is 5.11 Å². The fourth-order valence-electron chi connectivity index (χ4n) is 2.91. The summed E-state index contributed by atoms with van der Waals surface area (Å²) in [5.41, 5.74) is 0. The van der Waals surface area contributed by atoms with Crippen molar-refractivity contribution in [1.82, 2.24) is 9.03 Å². The van der Waals surface area contributed by atoms with E-state index < -0.39 is 10.2 Å². The molecule has 6 heteroatoms. The van der Waals surface area contributed by atoms with Gasteiger partial charge in [-0.3, -0.25) is 0 Å². The Hall–Kier alpha value is -0.170. The van der Waals surface area contributed by atoms with Gasteiger partial charge in [0.2, 0.25) is 0 Å². The van der Waals surface area contributed by atoms with Gasteiger partial charge in [0.1, 0.15) is 0 Å². The summed E-state index contributed by atoms with van der Waals surface area (Å²) < 4.78 is 28.5. The third-order valence-corrected chi connectivity index (χ3v) is 5.57. The SMILES string of the molecule is CC1CCCN(S(=O)(=O)NCC2CCC(O)C2)C1. The molecular formula is C12H24N2O3S. The second kappa shape index (κ2) is 5.86. The molecule has 2 fully saturated rings. The Labute approximate surface area is 110 Å². The summed E-state index contributed by atoms with van der Waals surface area (Å²) in [5.74, 6) is 0.737. The van der Waals surface area contributed by atoms with E-state index >= 15 is 0 Å². The van der Waals surface area contributed by atoms with Gasteiger partial charge in [0.25, 0.3) is 10.2 Å². The highest BCUT2D eigenvalue weighted by atomic mass is 32.2. The van der Waals surface area contributed by atoms with E-state index in [-0.39, 0.29) is 12.0 Å². The molecule has 5 nitrogen and oxygen atoms in total. The number of aliphatic hydroxyl groups is 1. The molecule has 1 aliphatic heterocycles. The molecule has 18 heavy (non-hydrogen) atoms. The van der Waals surface area contributed by atoms with Crippen molar-refractivity contribution in [3.05, 3.63) is 0 Å². The molecule has 0 aromatic rings. The average molecular weight is 276 g/mol. The average Bonchev–Trinajstić information content (AvgIpc) is 2.73. The van der Waals surface area contributed by atoms with E-state index in [9.17, 15) is 13.5 Å². The minimum Gasteiger partial charge on any atom is -0.393 e. The van der Waals surface area contributed by atoms with Gasteiger partial charge in [-0.15, -0.1) is 0 Å². The highest BCUT2D eigenvalue weighted by Crippen LogP contribution is 2.25. The molecule has 2 rings (SSSR count). The van der Waals surface area contributed by atoms with Crippen molar-refractivity contribution >= 4 is 10.2 Å². The highest BCUT2D eigenvalue weighted by Gasteiger charge is 2.29. The molecule has 0 aromatic carbocycles. The first kappa shape index (κ1) is 14.2.